The van der Waals surface area contributed by atoms with Crippen LogP contribution in [0.3, 0.4) is 0 Å². The van der Waals surface area contributed by atoms with Gasteiger partial charge in [0.2, 0.25) is 5.91 Å². The molecule has 1 aliphatic heterocycles. The lowest BCUT2D eigenvalue weighted by Gasteiger charge is -2.30. The highest BCUT2D eigenvalue weighted by atomic mass is 32.1. The predicted molar refractivity (Wildman–Crippen MR) is 87.0 cm³/mol. The van der Waals surface area contributed by atoms with Crippen molar-refractivity contribution in [2.45, 2.75) is 31.7 Å². The SMILES string of the molecule is O=C(Cc1cccs1)NC[C@@H](c1ccco1)[NH+]1CCCCC1. The molecule has 0 radical (unpaired) electrons. The molecule has 5 heteroatoms. The van der Waals surface area contributed by atoms with Crippen LogP contribution >= 0.6 is 11.3 Å². The lowest BCUT2D eigenvalue weighted by atomic mass is 10.1. The van der Waals surface area contributed by atoms with Crippen LogP contribution in [0.15, 0.2) is 40.3 Å². The maximum Gasteiger partial charge on any atom is 0.225 e. The molecule has 0 unspecified atom stereocenters. The fourth-order valence-corrected chi connectivity index (χ4v) is 3.84. The van der Waals surface area contributed by atoms with E-state index in [0.29, 0.717) is 13.0 Å². The summed E-state index contributed by atoms with van der Waals surface area (Å²) in [5.41, 5.74) is 0. The first kappa shape index (κ1) is 15.3. The molecule has 0 spiro atoms. The molecule has 3 rings (SSSR count). The standard InChI is InChI=1S/C17H22N2O2S/c20-17(12-14-6-5-11-22-14)18-13-15(16-7-4-10-21-16)19-8-2-1-3-9-19/h4-7,10-11,15H,1-3,8-9,12-13H2,(H,18,20)/p+1/t15-/m0/s1. The number of hydrogen-bond donors (Lipinski definition) is 2. The average molecular weight is 319 g/mol. The van der Waals surface area contributed by atoms with Gasteiger partial charge in [-0.1, -0.05) is 6.07 Å². The quantitative estimate of drug-likeness (QED) is 0.853. The summed E-state index contributed by atoms with van der Waals surface area (Å²) in [6.45, 7) is 2.96. The molecular weight excluding hydrogens is 296 g/mol. The molecule has 2 aromatic heterocycles. The molecule has 22 heavy (non-hydrogen) atoms. The highest BCUT2D eigenvalue weighted by molar-refractivity contribution is 7.10. The molecule has 4 nitrogen and oxygen atoms in total. The molecule has 1 atom stereocenters. The second kappa shape index (κ2) is 7.61. The Kier molecular flexibility index (Phi) is 5.29. The topological polar surface area (TPSA) is 46.7 Å². The zero-order valence-electron chi connectivity index (χ0n) is 12.7. The van der Waals surface area contributed by atoms with Crippen LogP contribution in [0.4, 0.5) is 0 Å². The summed E-state index contributed by atoms with van der Waals surface area (Å²) in [7, 11) is 0. The normalized spacial score (nSPS) is 17.3. The van der Waals surface area contributed by atoms with Gasteiger partial charge < -0.3 is 14.6 Å². The molecule has 1 aliphatic rings. The van der Waals surface area contributed by atoms with Gasteiger partial charge in [-0.25, -0.2) is 0 Å². The Morgan fingerprint density at radius 1 is 1.27 bits per heavy atom. The lowest BCUT2D eigenvalue weighted by molar-refractivity contribution is -0.936. The number of hydrogen-bond acceptors (Lipinski definition) is 3. The smallest absolute Gasteiger partial charge is 0.225 e. The number of rotatable bonds is 6. The third-order valence-corrected chi connectivity index (χ3v) is 5.17. The second-order valence-corrected chi connectivity index (χ2v) is 6.88. The maximum absolute atomic E-state index is 12.1. The number of piperidine rings is 1. The summed E-state index contributed by atoms with van der Waals surface area (Å²) < 4.78 is 5.62. The minimum atomic E-state index is 0.0930. The molecule has 1 fully saturated rings. The number of amides is 1. The van der Waals surface area contributed by atoms with Crippen LogP contribution in [0, 0.1) is 0 Å². The first-order valence-corrected chi connectivity index (χ1v) is 8.88. The molecule has 2 N–H and O–H groups in total. The number of quaternary nitrogens is 1. The Bertz CT molecular complexity index is 560. The van der Waals surface area contributed by atoms with Crippen LogP contribution in [-0.4, -0.2) is 25.5 Å². The fourth-order valence-electron chi connectivity index (χ4n) is 3.14. The number of thiophene rings is 1. The third-order valence-electron chi connectivity index (χ3n) is 4.29. The fraction of sp³-hybridized carbons (Fsp3) is 0.471. The number of carbonyl (C=O) groups is 1. The molecule has 118 valence electrons. The van der Waals surface area contributed by atoms with Crippen molar-refractivity contribution < 1.29 is 14.1 Å². The minimum Gasteiger partial charge on any atom is -0.463 e. The molecular formula is C17H23N2O2S+. The van der Waals surface area contributed by atoms with Gasteiger partial charge in [0.15, 0.2) is 11.8 Å². The molecule has 0 aromatic carbocycles. The lowest BCUT2D eigenvalue weighted by Crippen LogP contribution is -3.13. The Morgan fingerprint density at radius 3 is 2.82 bits per heavy atom. The molecule has 0 aliphatic carbocycles. The van der Waals surface area contributed by atoms with Gasteiger partial charge in [-0.05, 0) is 42.8 Å². The van der Waals surface area contributed by atoms with E-state index in [1.807, 2.05) is 29.6 Å². The summed E-state index contributed by atoms with van der Waals surface area (Å²) in [4.78, 5) is 14.8. The largest absolute Gasteiger partial charge is 0.463 e. The highest BCUT2D eigenvalue weighted by Gasteiger charge is 2.28. The van der Waals surface area contributed by atoms with Crippen LogP contribution in [0.1, 0.15) is 35.9 Å². The van der Waals surface area contributed by atoms with Gasteiger partial charge in [0, 0.05) is 4.88 Å². The third kappa shape index (κ3) is 3.99. The summed E-state index contributed by atoms with van der Waals surface area (Å²) in [6.07, 6.45) is 6.03. The average Bonchev–Trinajstić information content (AvgIpc) is 3.22. The summed E-state index contributed by atoms with van der Waals surface area (Å²) >= 11 is 1.63. The number of carbonyl (C=O) groups excluding carboxylic acids is 1. The van der Waals surface area contributed by atoms with Gasteiger partial charge in [-0.2, -0.15) is 0 Å². The van der Waals surface area contributed by atoms with Crippen LogP contribution < -0.4 is 10.2 Å². The van der Waals surface area contributed by atoms with Crippen molar-refractivity contribution in [3.8, 4) is 0 Å². The van der Waals surface area contributed by atoms with Crippen molar-refractivity contribution in [2.75, 3.05) is 19.6 Å². The van der Waals surface area contributed by atoms with Crippen molar-refractivity contribution in [2.24, 2.45) is 0 Å². The van der Waals surface area contributed by atoms with Crippen molar-refractivity contribution >= 4 is 17.2 Å². The second-order valence-electron chi connectivity index (χ2n) is 5.85. The van der Waals surface area contributed by atoms with E-state index in [9.17, 15) is 4.79 Å². The molecule has 1 saturated heterocycles. The van der Waals surface area contributed by atoms with E-state index in [1.165, 1.54) is 24.2 Å². The zero-order valence-corrected chi connectivity index (χ0v) is 13.5. The molecule has 3 heterocycles. The highest BCUT2D eigenvalue weighted by Crippen LogP contribution is 2.12. The van der Waals surface area contributed by atoms with E-state index in [2.05, 4.69) is 5.32 Å². The zero-order chi connectivity index (χ0) is 15.2. The number of nitrogens with one attached hydrogen (secondary N) is 2. The summed E-state index contributed by atoms with van der Waals surface area (Å²) in [5, 5.41) is 5.10. The van der Waals surface area contributed by atoms with Gasteiger partial charge in [-0.15, -0.1) is 11.3 Å². The monoisotopic (exact) mass is 319 g/mol. The first-order chi connectivity index (χ1) is 10.8. The van der Waals surface area contributed by atoms with Gasteiger partial charge in [0.1, 0.15) is 0 Å². The van der Waals surface area contributed by atoms with Crippen molar-refractivity contribution in [1.29, 1.82) is 0 Å². The Morgan fingerprint density at radius 2 is 2.14 bits per heavy atom. The Balaban J connectivity index is 1.59. The Hall–Kier alpha value is -1.59. The summed E-state index contributed by atoms with van der Waals surface area (Å²) in [6, 6.07) is 8.17. The van der Waals surface area contributed by atoms with Crippen LogP contribution in [0.25, 0.3) is 0 Å². The van der Waals surface area contributed by atoms with E-state index in [0.717, 1.165) is 23.7 Å². The van der Waals surface area contributed by atoms with Gasteiger partial charge in [0.05, 0.1) is 32.3 Å². The molecule has 1 amide bonds. The van der Waals surface area contributed by atoms with E-state index < -0.39 is 0 Å². The van der Waals surface area contributed by atoms with Crippen LogP contribution in [0.2, 0.25) is 0 Å². The van der Waals surface area contributed by atoms with Gasteiger partial charge >= 0.3 is 0 Å². The minimum absolute atomic E-state index is 0.0930. The first-order valence-electron chi connectivity index (χ1n) is 8.00. The molecule has 0 saturated carbocycles. The Labute approximate surface area is 135 Å². The molecule has 2 aromatic rings. The van der Waals surface area contributed by atoms with Crippen molar-refractivity contribution in [3.63, 3.8) is 0 Å². The predicted octanol–water partition coefficient (Wildman–Crippen LogP) is 1.81. The maximum atomic E-state index is 12.1. The van der Waals surface area contributed by atoms with Gasteiger partial charge in [-0.3, -0.25) is 4.79 Å². The van der Waals surface area contributed by atoms with Crippen molar-refractivity contribution in [3.05, 3.63) is 46.5 Å². The van der Waals surface area contributed by atoms with Gasteiger partial charge in [0.25, 0.3) is 0 Å². The van der Waals surface area contributed by atoms with E-state index in [1.54, 1.807) is 17.6 Å². The number of likely N-dealkylation sites (tertiary alicyclic amines) is 1. The number of furan rings is 1. The van der Waals surface area contributed by atoms with E-state index >= 15 is 0 Å². The van der Waals surface area contributed by atoms with Crippen LogP contribution in [0.5, 0.6) is 0 Å². The van der Waals surface area contributed by atoms with E-state index in [4.69, 9.17) is 4.42 Å². The summed E-state index contributed by atoms with van der Waals surface area (Å²) in [5.74, 6) is 1.07. The van der Waals surface area contributed by atoms with Crippen LogP contribution in [-0.2, 0) is 11.2 Å². The van der Waals surface area contributed by atoms with Crippen molar-refractivity contribution in [1.82, 2.24) is 5.32 Å². The van der Waals surface area contributed by atoms with E-state index in [-0.39, 0.29) is 11.9 Å². The molecule has 0 bridgehead atoms.